The predicted octanol–water partition coefficient (Wildman–Crippen LogP) is 2.90. The number of carbonyl (C=O) groups is 2. The first-order valence-corrected chi connectivity index (χ1v) is 6.20. The van der Waals surface area contributed by atoms with Crippen LogP contribution in [0.15, 0.2) is 24.4 Å². The number of aromatic nitrogens is 2. The Morgan fingerprint density at radius 2 is 1.95 bits per heavy atom. The van der Waals surface area contributed by atoms with Gasteiger partial charge in [-0.2, -0.15) is 13.2 Å². The van der Waals surface area contributed by atoms with Crippen molar-refractivity contribution in [1.82, 2.24) is 9.97 Å². The van der Waals surface area contributed by atoms with Crippen LogP contribution in [0.1, 0.15) is 29.5 Å². The highest BCUT2D eigenvalue weighted by Gasteiger charge is 2.39. The summed E-state index contributed by atoms with van der Waals surface area (Å²) in [5.74, 6) is -3.52. The summed E-state index contributed by atoms with van der Waals surface area (Å²) in [6, 6.07) is 5.38. The number of rotatable bonds is 4. The molecular formula is C14H11F3N2O2. The lowest BCUT2D eigenvalue weighted by Crippen LogP contribution is -2.26. The molecule has 0 N–H and O–H groups in total. The monoisotopic (exact) mass is 296 g/mol. The number of halogens is 3. The summed E-state index contributed by atoms with van der Waals surface area (Å²) in [4.78, 5) is 30.1. The molecular weight excluding hydrogens is 285 g/mol. The number of alkyl halides is 3. The number of benzene rings is 1. The number of Topliss-reactive ketones (excluding diaryl/α,β-unsaturated/α-hetero) is 2. The number of hydrogen-bond donors (Lipinski definition) is 0. The fourth-order valence-corrected chi connectivity index (χ4v) is 1.75. The van der Waals surface area contributed by atoms with Crippen LogP contribution in [0.25, 0.3) is 10.9 Å². The fourth-order valence-electron chi connectivity index (χ4n) is 1.75. The van der Waals surface area contributed by atoms with Crippen LogP contribution in [0.5, 0.6) is 0 Å². The van der Waals surface area contributed by atoms with Crippen LogP contribution >= 0.6 is 0 Å². The zero-order valence-corrected chi connectivity index (χ0v) is 11.1. The zero-order valence-electron chi connectivity index (χ0n) is 11.1. The molecule has 0 amide bonds. The van der Waals surface area contributed by atoms with Gasteiger partial charge in [-0.25, -0.2) is 9.97 Å². The molecule has 21 heavy (non-hydrogen) atoms. The average Bonchev–Trinajstić information content (AvgIpc) is 2.44. The first-order valence-electron chi connectivity index (χ1n) is 6.20. The lowest BCUT2D eigenvalue weighted by molar-refractivity contribution is -0.170. The van der Waals surface area contributed by atoms with Crippen molar-refractivity contribution in [2.24, 2.45) is 0 Å². The molecule has 0 spiro atoms. The van der Waals surface area contributed by atoms with Crippen LogP contribution in [0.3, 0.4) is 0 Å². The largest absolute Gasteiger partial charge is 0.450 e. The van der Waals surface area contributed by atoms with Gasteiger partial charge in [-0.1, -0.05) is 19.1 Å². The molecule has 0 unspecified atom stereocenters. The predicted molar refractivity (Wildman–Crippen MR) is 68.9 cm³/mol. The van der Waals surface area contributed by atoms with E-state index in [-0.39, 0.29) is 5.82 Å². The smallest absolute Gasteiger partial charge is 0.290 e. The standard InChI is InChI=1S/C14H11F3N2O2/c1-2-8-3-4-9-7-18-13(19-10(9)5-8)11(20)6-12(21)14(15,16)17/h3-5,7H,2,6H2,1H3. The third-order valence-corrected chi connectivity index (χ3v) is 2.94. The summed E-state index contributed by atoms with van der Waals surface area (Å²) < 4.78 is 36.4. The first kappa shape index (κ1) is 15.1. The fraction of sp³-hybridized carbons (Fsp3) is 0.286. The zero-order chi connectivity index (χ0) is 15.6. The maximum atomic E-state index is 12.1. The molecule has 1 aromatic carbocycles. The van der Waals surface area contributed by atoms with Crippen LogP contribution in [-0.4, -0.2) is 27.7 Å². The average molecular weight is 296 g/mol. The van der Waals surface area contributed by atoms with Gasteiger partial charge in [-0.3, -0.25) is 9.59 Å². The van der Waals surface area contributed by atoms with Crippen molar-refractivity contribution >= 4 is 22.5 Å². The summed E-state index contributed by atoms with van der Waals surface area (Å²) in [5.41, 5.74) is 1.44. The molecule has 0 bridgehead atoms. The Morgan fingerprint density at radius 1 is 1.24 bits per heavy atom. The lowest BCUT2D eigenvalue weighted by Gasteiger charge is -2.05. The molecule has 0 atom stereocenters. The maximum Gasteiger partial charge on any atom is 0.450 e. The summed E-state index contributed by atoms with van der Waals surface area (Å²) in [7, 11) is 0. The molecule has 0 aliphatic rings. The van der Waals surface area contributed by atoms with E-state index in [1.807, 2.05) is 13.0 Å². The summed E-state index contributed by atoms with van der Waals surface area (Å²) >= 11 is 0. The van der Waals surface area contributed by atoms with Crippen LogP contribution in [0, 0.1) is 0 Å². The van der Waals surface area contributed by atoms with Crippen molar-refractivity contribution in [2.45, 2.75) is 25.9 Å². The van der Waals surface area contributed by atoms with Gasteiger partial charge in [-0.15, -0.1) is 0 Å². The van der Waals surface area contributed by atoms with Gasteiger partial charge in [0.25, 0.3) is 0 Å². The molecule has 1 aromatic heterocycles. The molecule has 0 aliphatic heterocycles. The van der Waals surface area contributed by atoms with Crippen molar-refractivity contribution in [1.29, 1.82) is 0 Å². The second-order valence-electron chi connectivity index (χ2n) is 4.46. The minimum absolute atomic E-state index is 0.381. The minimum Gasteiger partial charge on any atom is -0.290 e. The highest BCUT2D eigenvalue weighted by atomic mass is 19.4. The summed E-state index contributed by atoms with van der Waals surface area (Å²) in [6.07, 6.45) is -4.19. The van der Waals surface area contributed by atoms with Crippen molar-refractivity contribution in [2.75, 3.05) is 0 Å². The number of fused-ring (bicyclic) bond motifs is 1. The normalized spacial score (nSPS) is 11.6. The molecule has 0 aliphatic carbocycles. The summed E-state index contributed by atoms with van der Waals surface area (Å²) in [6.45, 7) is 1.94. The van der Waals surface area contributed by atoms with Crippen LogP contribution < -0.4 is 0 Å². The molecule has 2 aromatic rings. The second-order valence-corrected chi connectivity index (χ2v) is 4.46. The number of carbonyl (C=O) groups excluding carboxylic acids is 2. The van der Waals surface area contributed by atoms with Crippen molar-refractivity contribution in [3.05, 3.63) is 35.8 Å². The van der Waals surface area contributed by atoms with Gasteiger partial charge in [0.05, 0.1) is 11.9 Å². The van der Waals surface area contributed by atoms with Gasteiger partial charge in [0.2, 0.25) is 11.6 Å². The van der Waals surface area contributed by atoms with Crippen molar-refractivity contribution in [3.63, 3.8) is 0 Å². The van der Waals surface area contributed by atoms with Gasteiger partial charge in [-0.05, 0) is 18.1 Å². The Bertz CT molecular complexity index is 711. The Balaban J connectivity index is 2.29. The first-order chi connectivity index (χ1) is 9.81. The van der Waals surface area contributed by atoms with E-state index in [1.54, 1.807) is 12.1 Å². The summed E-state index contributed by atoms with van der Waals surface area (Å²) in [5, 5.41) is 0.672. The molecule has 0 saturated heterocycles. The van der Waals surface area contributed by atoms with E-state index in [2.05, 4.69) is 9.97 Å². The number of ketones is 2. The van der Waals surface area contributed by atoms with Gasteiger partial charge in [0.1, 0.15) is 0 Å². The Labute approximate surface area is 118 Å². The van der Waals surface area contributed by atoms with Crippen molar-refractivity contribution in [3.8, 4) is 0 Å². The van der Waals surface area contributed by atoms with Gasteiger partial charge < -0.3 is 0 Å². The molecule has 0 saturated carbocycles. The van der Waals surface area contributed by atoms with Crippen LogP contribution in [0.4, 0.5) is 13.2 Å². The van der Waals surface area contributed by atoms with E-state index in [4.69, 9.17) is 0 Å². The molecule has 0 fully saturated rings. The second kappa shape index (κ2) is 5.59. The van der Waals surface area contributed by atoms with E-state index in [0.29, 0.717) is 10.9 Å². The van der Waals surface area contributed by atoms with Crippen LogP contribution in [-0.2, 0) is 11.2 Å². The highest BCUT2D eigenvalue weighted by molar-refractivity contribution is 6.08. The van der Waals surface area contributed by atoms with E-state index in [1.165, 1.54) is 6.20 Å². The SMILES string of the molecule is CCc1ccc2cnc(C(=O)CC(=O)C(F)(F)F)nc2c1. The maximum absolute atomic E-state index is 12.1. The van der Waals surface area contributed by atoms with Crippen LogP contribution in [0.2, 0.25) is 0 Å². The minimum atomic E-state index is -5.03. The number of aryl methyl sites for hydroxylation is 1. The number of hydrogen-bond acceptors (Lipinski definition) is 4. The van der Waals surface area contributed by atoms with Gasteiger partial charge >= 0.3 is 6.18 Å². The molecule has 7 heteroatoms. The van der Waals surface area contributed by atoms with Gasteiger partial charge in [0.15, 0.2) is 5.82 Å². The van der Waals surface area contributed by atoms with Crippen molar-refractivity contribution < 1.29 is 22.8 Å². The molecule has 4 nitrogen and oxygen atoms in total. The quantitative estimate of drug-likeness (QED) is 0.643. The van der Waals surface area contributed by atoms with E-state index in [9.17, 15) is 22.8 Å². The lowest BCUT2D eigenvalue weighted by atomic mass is 10.1. The topological polar surface area (TPSA) is 59.9 Å². The third kappa shape index (κ3) is 3.42. The van der Waals surface area contributed by atoms with E-state index < -0.39 is 24.2 Å². The molecule has 2 rings (SSSR count). The van der Waals surface area contributed by atoms with E-state index >= 15 is 0 Å². The van der Waals surface area contributed by atoms with Gasteiger partial charge in [0, 0.05) is 11.6 Å². The third-order valence-electron chi connectivity index (χ3n) is 2.94. The highest BCUT2D eigenvalue weighted by Crippen LogP contribution is 2.19. The Hall–Kier alpha value is -2.31. The molecule has 110 valence electrons. The molecule has 1 heterocycles. The molecule has 0 radical (unpaired) electrons. The Morgan fingerprint density at radius 3 is 2.57 bits per heavy atom. The number of nitrogens with zero attached hydrogens (tertiary/aromatic N) is 2. The Kier molecular flexibility index (Phi) is 4.02. The van der Waals surface area contributed by atoms with E-state index in [0.717, 1.165) is 12.0 Å².